The Hall–Kier alpha value is -0.980. The van der Waals surface area contributed by atoms with Gasteiger partial charge in [-0.25, -0.2) is 0 Å². The fourth-order valence-electron chi connectivity index (χ4n) is 4.23. The fraction of sp³-hybridized carbons (Fsp3) is 0.684. The maximum absolute atomic E-state index is 9.66. The summed E-state index contributed by atoms with van der Waals surface area (Å²) in [6, 6.07) is 5.97. The van der Waals surface area contributed by atoms with Gasteiger partial charge in [-0.2, -0.15) is 0 Å². The van der Waals surface area contributed by atoms with Crippen LogP contribution in [0.5, 0.6) is 5.75 Å². The van der Waals surface area contributed by atoms with E-state index in [9.17, 15) is 5.11 Å². The Morgan fingerprint density at radius 2 is 1.50 bits per heavy atom. The first kappa shape index (κ1) is 14.0. The van der Waals surface area contributed by atoms with E-state index < -0.39 is 0 Å². The molecule has 1 aromatic carbocycles. The summed E-state index contributed by atoms with van der Waals surface area (Å²) in [6.45, 7) is 0. The molecule has 0 amide bonds. The van der Waals surface area contributed by atoms with Crippen molar-refractivity contribution in [2.24, 2.45) is 11.8 Å². The van der Waals surface area contributed by atoms with Crippen molar-refractivity contribution in [3.05, 3.63) is 29.3 Å². The number of hydrogen-bond acceptors (Lipinski definition) is 1. The Morgan fingerprint density at radius 3 is 2.30 bits per heavy atom. The van der Waals surface area contributed by atoms with Crippen molar-refractivity contribution in [3.63, 3.8) is 0 Å². The van der Waals surface area contributed by atoms with Gasteiger partial charge in [-0.1, -0.05) is 51.0 Å². The van der Waals surface area contributed by atoms with Crippen LogP contribution >= 0.6 is 0 Å². The van der Waals surface area contributed by atoms with Crippen molar-refractivity contribution in [1.82, 2.24) is 0 Å². The van der Waals surface area contributed by atoms with Crippen LogP contribution in [0.2, 0.25) is 0 Å². The molecule has 0 radical (unpaired) electrons. The molecule has 3 rings (SSSR count). The molecule has 2 aliphatic rings. The zero-order chi connectivity index (χ0) is 13.8. The van der Waals surface area contributed by atoms with Crippen LogP contribution in [-0.2, 0) is 12.8 Å². The van der Waals surface area contributed by atoms with Crippen LogP contribution in [-0.4, -0.2) is 5.11 Å². The van der Waals surface area contributed by atoms with Crippen LogP contribution in [0.4, 0.5) is 0 Å². The Kier molecular flexibility index (Phi) is 4.65. The second-order valence-electron chi connectivity index (χ2n) is 6.98. The van der Waals surface area contributed by atoms with Crippen molar-refractivity contribution in [3.8, 4) is 5.75 Å². The zero-order valence-corrected chi connectivity index (χ0v) is 12.6. The molecule has 1 aromatic rings. The number of phenolic OH excluding ortho intramolecular Hbond substituents is 1. The predicted octanol–water partition coefficient (Wildman–Crippen LogP) is 5.25. The van der Waals surface area contributed by atoms with Crippen LogP contribution in [0.1, 0.15) is 68.9 Å². The lowest BCUT2D eigenvalue weighted by Crippen LogP contribution is -2.10. The second kappa shape index (κ2) is 6.65. The summed E-state index contributed by atoms with van der Waals surface area (Å²) in [5, 5.41) is 9.66. The van der Waals surface area contributed by atoms with E-state index in [-0.39, 0.29) is 0 Å². The van der Waals surface area contributed by atoms with E-state index in [0.29, 0.717) is 5.75 Å². The average Bonchev–Trinajstić information content (AvgIpc) is 2.93. The van der Waals surface area contributed by atoms with Crippen molar-refractivity contribution in [2.75, 3.05) is 0 Å². The highest BCUT2D eigenvalue weighted by Gasteiger charge is 2.19. The first-order valence-corrected chi connectivity index (χ1v) is 8.62. The van der Waals surface area contributed by atoms with Gasteiger partial charge in [0.05, 0.1) is 0 Å². The summed E-state index contributed by atoms with van der Waals surface area (Å²) in [5.41, 5.74) is 2.87. The van der Waals surface area contributed by atoms with Crippen LogP contribution in [0, 0.1) is 11.8 Å². The quantitative estimate of drug-likeness (QED) is 0.797. The van der Waals surface area contributed by atoms with Crippen LogP contribution < -0.4 is 0 Å². The van der Waals surface area contributed by atoms with E-state index in [4.69, 9.17) is 0 Å². The number of aryl methyl sites for hydroxylation is 2. The van der Waals surface area contributed by atoms with Gasteiger partial charge in [0, 0.05) is 0 Å². The maximum atomic E-state index is 9.66. The molecule has 0 aromatic heterocycles. The van der Waals surface area contributed by atoms with E-state index in [2.05, 4.69) is 6.07 Å². The lowest BCUT2D eigenvalue weighted by molar-refractivity contribution is 0.350. The fourth-order valence-corrected chi connectivity index (χ4v) is 4.23. The minimum Gasteiger partial charge on any atom is -0.508 e. The van der Waals surface area contributed by atoms with Gasteiger partial charge >= 0.3 is 0 Å². The molecule has 0 aliphatic heterocycles. The van der Waals surface area contributed by atoms with Crippen molar-refractivity contribution >= 4 is 0 Å². The topological polar surface area (TPSA) is 20.2 Å². The Labute approximate surface area is 123 Å². The number of phenols is 1. The molecule has 1 unspecified atom stereocenters. The molecule has 1 fully saturated rings. The molecule has 0 bridgehead atoms. The molecule has 1 N–H and O–H groups in total. The van der Waals surface area contributed by atoms with E-state index >= 15 is 0 Å². The first-order chi connectivity index (χ1) is 9.81. The summed E-state index contributed by atoms with van der Waals surface area (Å²) in [6.07, 6.45) is 15.3. The van der Waals surface area contributed by atoms with Crippen LogP contribution in [0.3, 0.4) is 0 Å². The van der Waals surface area contributed by atoms with Crippen molar-refractivity contribution in [2.45, 2.75) is 70.6 Å². The zero-order valence-electron chi connectivity index (χ0n) is 12.6. The molecular weight excluding hydrogens is 244 g/mol. The van der Waals surface area contributed by atoms with Gasteiger partial charge < -0.3 is 5.11 Å². The average molecular weight is 272 g/mol. The minimum absolute atomic E-state index is 0.437. The maximum Gasteiger partial charge on any atom is 0.115 e. The third-order valence-corrected chi connectivity index (χ3v) is 5.53. The molecule has 1 nitrogen and oxygen atoms in total. The molecule has 1 atom stereocenters. The summed E-state index contributed by atoms with van der Waals surface area (Å²) in [4.78, 5) is 0. The second-order valence-corrected chi connectivity index (χ2v) is 6.98. The largest absolute Gasteiger partial charge is 0.508 e. The van der Waals surface area contributed by atoms with Gasteiger partial charge in [0.1, 0.15) is 5.75 Å². The summed E-state index contributed by atoms with van der Waals surface area (Å²) >= 11 is 0. The summed E-state index contributed by atoms with van der Waals surface area (Å²) in [7, 11) is 0. The van der Waals surface area contributed by atoms with Gasteiger partial charge in [0.15, 0.2) is 0 Å². The van der Waals surface area contributed by atoms with Gasteiger partial charge in [-0.3, -0.25) is 0 Å². The minimum atomic E-state index is 0.437. The van der Waals surface area contributed by atoms with Crippen molar-refractivity contribution < 1.29 is 5.11 Å². The molecule has 0 spiro atoms. The van der Waals surface area contributed by atoms with E-state index in [1.807, 2.05) is 12.1 Å². The van der Waals surface area contributed by atoms with E-state index in [1.165, 1.54) is 81.8 Å². The predicted molar refractivity (Wildman–Crippen MR) is 84.0 cm³/mol. The summed E-state index contributed by atoms with van der Waals surface area (Å²) in [5.74, 6) is 2.40. The van der Waals surface area contributed by atoms with E-state index in [0.717, 1.165) is 11.8 Å². The van der Waals surface area contributed by atoms with Gasteiger partial charge in [-0.15, -0.1) is 0 Å². The lowest BCUT2D eigenvalue weighted by Gasteiger charge is -2.22. The smallest absolute Gasteiger partial charge is 0.115 e. The highest BCUT2D eigenvalue weighted by molar-refractivity contribution is 5.35. The molecule has 1 heteroatoms. The number of hydrogen-bond donors (Lipinski definition) is 1. The molecular formula is C19H28O. The van der Waals surface area contributed by atoms with Gasteiger partial charge in [0.2, 0.25) is 0 Å². The van der Waals surface area contributed by atoms with Crippen LogP contribution in [0.25, 0.3) is 0 Å². The molecule has 110 valence electrons. The van der Waals surface area contributed by atoms with Gasteiger partial charge in [0.25, 0.3) is 0 Å². The third-order valence-electron chi connectivity index (χ3n) is 5.53. The highest BCUT2D eigenvalue weighted by atomic mass is 16.3. The number of rotatable bonds is 3. The third kappa shape index (κ3) is 3.56. The lowest BCUT2D eigenvalue weighted by atomic mass is 9.83. The number of benzene rings is 1. The van der Waals surface area contributed by atoms with Crippen molar-refractivity contribution in [1.29, 1.82) is 0 Å². The Balaban J connectivity index is 1.55. The molecule has 1 saturated carbocycles. The molecule has 2 aliphatic carbocycles. The number of fused-ring (bicyclic) bond motifs is 1. The highest BCUT2D eigenvalue weighted by Crippen LogP contribution is 2.33. The number of aromatic hydroxyl groups is 1. The monoisotopic (exact) mass is 272 g/mol. The summed E-state index contributed by atoms with van der Waals surface area (Å²) < 4.78 is 0. The van der Waals surface area contributed by atoms with Crippen LogP contribution in [0.15, 0.2) is 18.2 Å². The molecule has 0 heterocycles. The Bertz CT molecular complexity index is 431. The standard InChI is InChI=1S/C19H28O/c20-19-13-12-17-7-3-6-16(10-11-18(17)14-19)9-8-15-4-1-2-5-15/h12-16,20H,1-11H2. The molecule has 20 heavy (non-hydrogen) atoms. The first-order valence-electron chi connectivity index (χ1n) is 8.62. The Morgan fingerprint density at radius 1 is 0.800 bits per heavy atom. The normalized spacial score (nSPS) is 24.1. The van der Waals surface area contributed by atoms with E-state index in [1.54, 1.807) is 0 Å². The van der Waals surface area contributed by atoms with Gasteiger partial charge in [-0.05, 0) is 60.8 Å². The SMILES string of the molecule is Oc1ccc2c(c1)CCC(CCC1CCCC1)CCC2. The molecule has 0 saturated heterocycles.